The predicted octanol–water partition coefficient (Wildman–Crippen LogP) is 4.42. The summed E-state index contributed by atoms with van der Waals surface area (Å²) in [5.41, 5.74) is 2.78. The summed E-state index contributed by atoms with van der Waals surface area (Å²) >= 11 is 5.85. The summed E-state index contributed by atoms with van der Waals surface area (Å²) in [6, 6.07) is 23.3. The van der Waals surface area contributed by atoms with Gasteiger partial charge in [-0.2, -0.15) is 0 Å². The number of nitrogens with one attached hydrogen (secondary N) is 1. The molecule has 2 aliphatic heterocycles. The molecule has 0 spiro atoms. The number of carbonyl (C=O) groups is 3. The molecule has 5 rings (SSSR count). The highest BCUT2D eigenvalue weighted by Gasteiger charge is 2.44. The number of amides is 2. The second-order valence-electron chi connectivity index (χ2n) is 10.9. The molecular weight excluding hydrogens is 590 g/mol. The lowest BCUT2D eigenvalue weighted by atomic mass is 10.1. The molecule has 0 aliphatic carbocycles. The van der Waals surface area contributed by atoms with Gasteiger partial charge >= 0.3 is 5.97 Å². The molecule has 2 aliphatic rings. The van der Waals surface area contributed by atoms with Crippen molar-refractivity contribution in [3.63, 3.8) is 0 Å². The van der Waals surface area contributed by atoms with Crippen LogP contribution in [0.15, 0.2) is 78.9 Å². The molecule has 236 valence electrons. The highest BCUT2D eigenvalue weighted by atomic mass is 32.1. The molecule has 0 radical (unpaired) electrons. The maximum absolute atomic E-state index is 13.8. The van der Waals surface area contributed by atoms with Crippen LogP contribution in [-0.4, -0.2) is 91.7 Å². The minimum Gasteiger partial charge on any atom is -0.497 e. The lowest BCUT2D eigenvalue weighted by Gasteiger charge is -2.36. The number of thiocarbonyl (C=S) groups is 1. The first-order valence-corrected chi connectivity index (χ1v) is 15.7. The van der Waals surface area contributed by atoms with Crippen molar-refractivity contribution in [3.8, 4) is 5.75 Å². The smallest absolute Gasteiger partial charge is 0.338 e. The van der Waals surface area contributed by atoms with Gasteiger partial charge in [-0.05, 0) is 92.8 Å². The van der Waals surface area contributed by atoms with Gasteiger partial charge in [-0.25, -0.2) is 4.79 Å². The minimum atomic E-state index is -0.754. The zero-order chi connectivity index (χ0) is 31.8. The van der Waals surface area contributed by atoms with Gasteiger partial charge in [0, 0.05) is 44.1 Å². The average molecular weight is 630 g/mol. The topological polar surface area (TPSA) is 94.7 Å². The van der Waals surface area contributed by atoms with Crippen molar-refractivity contribution in [1.82, 2.24) is 9.80 Å². The van der Waals surface area contributed by atoms with Crippen molar-refractivity contribution < 1.29 is 23.9 Å². The second kappa shape index (κ2) is 15.0. The van der Waals surface area contributed by atoms with Crippen LogP contribution in [0.25, 0.3) is 0 Å². The summed E-state index contributed by atoms with van der Waals surface area (Å²) in [6.45, 7) is 7.21. The van der Waals surface area contributed by atoms with E-state index in [1.54, 1.807) is 62.6 Å². The average Bonchev–Trinajstić information content (AvgIpc) is 3.29. The highest BCUT2D eigenvalue weighted by Crippen LogP contribution is 2.28. The van der Waals surface area contributed by atoms with Gasteiger partial charge in [0.15, 0.2) is 5.11 Å². The van der Waals surface area contributed by atoms with Crippen molar-refractivity contribution in [3.05, 3.63) is 84.4 Å². The normalized spacial score (nSPS) is 17.0. The van der Waals surface area contributed by atoms with Crippen LogP contribution in [0.1, 0.15) is 30.1 Å². The Morgan fingerprint density at radius 1 is 0.889 bits per heavy atom. The number of hydrogen-bond acceptors (Lipinski definition) is 8. The van der Waals surface area contributed by atoms with Crippen LogP contribution in [0.2, 0.25) is 0 Å². The van der Waals surface area contributed by atoms with Crippen molar-refractivity contribution in [1.29, 1.82) is 0 Å². The number of rotatable bonds is 12. The van der Waals surface area contributed by atoms with Crippen molar-refractivity contribution in [2.24, 2.45) is 0 Å². The number of anilines is 3. The number of piperazine rings is 1. The van der Waals surface area contributed by atoms with Gasteiger partial charge in [0.05, 0.1) is 31.4 Å². The number of methoxy groups -OCH3 is 1. The number of para-hydroxylation sites is 1. The molecule has 45 heavy (non-hydrogen) atoms. The van der Waals surface area contributed by atoms with E-state index in [1.165, 1.54) is 10.6 Å². The van der Waals surface area contributed by atoms with Crippen molar-refractivity contribution in [2.45, 2.75) is 25.8 Å². The first-order valence-electron chi connectivity index (χ1n) is 15.3. The number of benzene rings is 3. The van der Waals surface area contributed by atoms with E-state index in [0.717, 1.165) is 39.1 Å². The molecule has 3 aromatic carbocycles. The van der Waals surface area contributed by atoms with Crippen LogP contribution in [0.5, 0.6) is 5.75 Å². The van der Waals surface area contributed by atoms with Gasteiger partial charge in [0.25, 0.3) is 5.91 Å². The molecule has 0 bridgehead atoms. The van der Waals surface area contributed by atoms with Crippen LogP contribution in [-0.2, 0) is 14.3 Å². The highest BCUT2D eigenvalue weighted by molar-refractivity contribution is 7.80. The van der Waals surface area contributed by atoms with Crippen LogP contribution in [0.4, 0.5) is 17.1 Å². The lowest BCUT2D eigenvalue weighted by molar-refractivity contribution is -0.124. The Balaban J connectivity index is 1.25. The van der Waals surface area contributed by atoms with Crippen LogP contribution < -0.4 is 19.9 Å². The third-order valence-corrected chi connectivity index (χ3v) is 8.49. The van der Waals surface area contributed by atoms with Gasteiger partial charge in [-0.3, -0.25) is 19.4 Å². The predicted molar refractivity (Wildman–Crippen MR) is 179 cm³/mol. The fourth-order valence-electron chi connectivity index (χ4n) is 5.68. The van der Waals surface area contributed by atoms with Crippen molar-refractivity contribution >= 4 is 52.2 Å². The monoisotopic (exact) mass is 629 g/mol. The number of carbonyl (C=O) groups excluding carboxylic acids is 3. The molecule has 1 unspecified atom stereocenters. The van der Waals surface area contributed by atoms with Gasteiger partial charge in [0.2, 0.25) is 5.91 Å². The molecule has 11 heteroatoms. The van der Waals surface area contributed by atoms with Crippen LogP contribution in [0.3, 0.4) is 0 Å². The minimum absolute atomic E-state index is 0.0574. The summed E-state index contributed by atoms with van der Waals surface area (Å²) in [7, 11) is 1.58. The van der Waals surface area contributed by atoms with Crippen molar-refractivity contribution in [2.75, 3.05) is 68.1 Å². The summed E-state index contributed by atoms with van der Waals surface area (Å²) in [5.74, 6) is -0.312. The van der Waals surface area contributed by atoms with Gasteiger partial charge in [-0.15, -0.1) is 0 Å². The molecule has 2 saturated heterocycles. The van der Waals surface area contributed by atoms with Gasteiger partial charge in [0.1, 0.15) is 11.8 Å². The Bertz CT molecular complexity index is 1480. The number of ether oxygens (including phenoxy) is 2. The maximum atomic E-state index is 13.8. The Hall–Kier alpha value is -4.48. The molecule has 2 heterocycles. The third kappa shape index (κ3) is 7.79. The summed E-state index contributed by atoms with van der Waals surface area (Å²) in [4.78, 5) is 47.3. The fraction of sp³-hybridized carbons (Fsp3) is 0.353. The van der Waals surface area contributed by atoms with Crippen LogP contribution in [0, 0.1) is 0 Å². The van der Waals surface area contributed by atoms with E-state index in [1.807, 2.05) is 11.0 Å². The number of hydrogen-bond donors (Lipinski definition) is 1. The van der Waals surface area contributed by atoms with Gasteiger partial charge < -0.3 is 24.6 Å². The zero-order valence-electron chi connectivity index (χ0n) is 25.7. The SMILES string of the molecule is CCOC(=O)c1ccc(N2C(=O)C(CC(=O)Nc3ccc(OC)cc3)N(CCCN3CCN(c4ccccc4)CC3)C2=S)cc1. The third-order valence-electron chi connectivity index (χ3n) is 8.07. The molecular formula is C34H39N5O5S. The van der Waals surface area contributed by atoms with E-state index in [0.29, 0.717) is 34.3 Å². The Labute approximate surface area is 269 Å². The first-order chi connectivity index (χ1) is 21.9. The lowest BCUT2D eigenvalue weighted by Crippen LogP contribution is -2.47. The molecule has 2 amide bonds. The molecule has 3 aromatic rings. The Morgan fingerprint density at radius 2 is 1.58 bits per heavy atom. The van der Waals surface area contributed by atoms with E-state index in [2.05, 4.69) is 39.4 Å². The number of esters is 1. The number of nitrogens with zero attached hydrogens (tertiary/aromatic N) is 4. The van der Waals surface area contributed by atoms with Crippen LogP contribution >= 0.6 is 12.2 Å². The molecule has 0 aromatic heterocycles. The molecule has 2 fully saturated rings. The molecule has 1 atom stereocenters. The first kappa shape index (κ1) is 31.9. The summed E-state index contributed by atoms with van der Waals surface area (Å²) < 4.78 is 10.3. The quantitative estimate of drug-likeness (QED) is 0.231. The second-order valence-corrected chi connectivity index (χ2v) is 11.3. The van der Waals surface area contributed by atoms with E-state index < -0.39 is 12.0 Å². The van der Waals surface area contributed by atoms with E-state index in [-0.39, 0.29) is 24.8 Å². The Kier molecular flexibility index (Phi) is 10.6. The van der Waals surface area contributed by atoms with E-state index in [9.17, 15) is 14.4 Å². The summed E-state index contributed by atoms with van der Waals surface area (Å²) in [6.07, 6.45) is 0.725. The standard InChI is InChI=1S/C34H39N5O5S/c1-3-44-33(42)25-10-14-28(15-11-25)39-32(41)30(24-31(40)35-26-12-16-29(43-2)17-13-26)38(34(39)45)19-7-18-36-20-22-37(23-21-36)27-8-5-4-6-9-27/h4-6,8-17,30H,3,7,18-24H2,1-2H3,(H,35,40). The van der Waals surface area contributed by atoms with E-state index in [4.69, 9.17) is 21.7 Å². The summed E-state index contributed by atoms with van der Waals surface area (Å²) in [5, 5.41) is 3.24. The molecule has 0 saturated carbocycles. The Morgan fingerprint density at radius 3 is 2.22 bits per heavy atom. The maximum Gasteiger partial charge on any atom is 0.338 e. The zero-order valence-corrected chi connectivity index (χ0v) is 26.5. The molecule has 10 nitrogen and oxygen atoms in total. The fourth-order valence-corrected chi connectivity index (χ4v) is 6.10. The van der Waals surface area contributed by atoms with E-state index >= 15 is 0 Å². The molecule has 1 N–H and O–H groups in total. The largest absolute Gasteiger partial charge is 0.497 e. The van der Waals surface area contributed by atoms with Gasteiger partial charge in [-0.1, -0.05) is 18.2 Å².